The summed E-state index contributed by atoms with van der Waals surface area (Å²) in [4.78, 5) is 20.3. The fourth-order valence-electron chi connectivity index (χ4n) is 3.55. The van der Waals surface area contributed by atoms with Crippen LogP contribution in [-0.4, -0.2) is 46.5 Å². The number of halogens is 2. The predicted octanol–water partition coefficient (Wildman–Crippen LogP) is 2.41. The lowest BCUT2D eigenvalue weighted by Gasteiger charge is -2.14. The second-order valence-corrected chi connectivity index (χ2v) is 7.36. The third-order valence-electron chi connectivity index (χ3n) is 5.02. The van der Waals surface area contributed by atoms with E-state index in [0.717, 1.165) is 28.8 Å². The highest BCUT2D eigenvalue weighted by Crippen LogP contribution is 2.30. The van der Waals surface area contributed by atoms with E-state index in [-0.39, 0.29) is 23.9 Å². The Hall–Kier alpha value is -3.31. The van der Waals surface area contributed by atoms with Crippen LogP contribution < -0.4 is 27.4 Å². The molecule has 0 radical (unpaired) electrons. The lowest BCUT2D eigenvalue weighted by molar-refractivity contribution is 0.100. The molecule has 1 amide bonds. The number of benzene rings is 1. The van der Waals surface area contributed by atoms with Crippen molar-refractivity contribution in [1.82, 2.24) is 19.9 Å². The molecule has 11 heteroatoms. The Morgan fingerprint density at radius 3 is 2.75 bits per heavy atom. The van der Waals surface area contributed by atoms with Gasteiger partial charge in [-0.15, -0.1) is 0 Å². The maximum Gasteiger partial charge on any atom is 0.254 e. The number of aromatic nitrogens is 3. The molecular weight excluding hydrogens is 418 g/mol. The number of amides is 1. The van der Waals surface area contributed by atoms with Crippen LogP contribution in [-0.2, 0) is 13.1 Å². The first-order valence-corrected chi connectivity index (χ1v) is 10.3. The first-order valence-electron chi connectivity index (χ1n) is 10.3. The highest BCUT2D eigenvalue weighted by Gasteiger charge is 2.17. The fraction of sp³-hybridized carbons (Fsp3) is 0.381. The van der Waals surface area contributed by atoms with E-state index in [1.807, 2.05) is 25.2 Å². The Morgan fingerprint density at radius 2 is 2.09 bits per heavy atom. The van der Waals surface area contributed by atoms with Crippen LogP contribution in [0.3, 0.4) is 0 Å². The zero-order chi connectivity index (χ0) is 23.3. The van der Waals surface area contributed by atoms with Crippen LogP contribution in [0.2, 0.25) is 0 Å². The molecule has 32 heavy (non-hydrogen) atoms. The molecule has 0 spiro atoms. The van der Waals surface area contributed by atoms with Crippen molar-refractivity contribution in [2.24, 2.45) is 11.5 Å². The van der Waals surface area contributed by atoms with E-state index in [2.05, 4.69) is 43.5 Å². The molecule has 7 N–H and O–H groups in total. The maximum absolute atomic E-state index is 12.5. The highest BCUT2D eigenvalue weighted by atomic mass is 19.3. The van der Waals surface area contributed by atoms with Crippen LogP contribution in [0.4, 0.5) is 26.2 Å². The smallest absolute Gasteiger partial charge is 0.254 e. The van der Waals surface area contributed by atoms with Gasteiger partial charge in [0, 0.05) is 55.1 Å². The van der Waals surface area contributed by atoms with Gasteiger partial charge in [0.15, 0.2) is 0 Å². The molecule has 0 aliphatic heterocycles. The Balaban J connectivity index is 1.93. The third kappa shape index (κ3) is 5.29. The number of aryl methyl sites for hydroxylation is 1. The number of anilines is 3. The van der Waals surface area contributed by atoms with E-state index in [0.29, 0.717) is 6.54 Å². The summed E-state index contributed by atoms with van der Waals surface area (Å²) in [5.74, 6) is -0.330. The van der Waals surface area contributed by atoms with E-state index in [4.69, 9.17) is 11.5 Å². The monoisotopic (exact) mass is 446 g/mol. The summed E-state index contributed by atoms with van der Waals surface area (Å²) >= 11 is 0. The molecule has 2 aromatic heterocycles. The minimum absolute atomic E-state index is 0.0575. The third-order valence-corrected chi connectivity index (χ3v) is 5.02. The molecule has 3 aromatic rings. The molecule has 0 bridgehead atoms. The number of fused-ring (bicyclic) bond motifs is 1. The second-order valence-electron chi connectivity index (χ2n) is 7.36. The minimum atomic E-state index is -2.49. The lowest BCUT2D eigenvalue weighted by Crippen LogP contribution is -2.31. The number of primary amides is 1. The van der Waals surface area contributed by atoms with Gasteiger partial charge in [0.25, 0.3) is 5.91 Å². The van der Waals surface area contributed by atoms with Crippen LogP contribution in [0, 0.1) is 0 Å². The predicted molar refractivity (Wildman–Crippen MR) is 121 cm³/mol. The summed E-state index contributed by atoms with van der Waals surface area (Å²) in [5.41, 5.74) is 14.2. The van der Waals surface area contributed by atoms with E-state index in [1.165, 1.54) is 6.20 Å². The van der Waals surface area contributed by atoms with Gasteiger partial charge in [-0.2, -0.15) is 4.98 Å². The SMILES string of the molecule is CCn1c(CNC)cc2c(Nc3nc(NCC(N)CC(F)F)ncc3C(N)=O)cccc21. The average molecular weight is 447 g/mol. The molecule has 0 aliphatic carbocycles. The van der Waals surface area contributed by atoms with Crippen molar-refractivity contribution >= 4 is 34.3 Å². The Morgan fingerprint density at radius 1 is 1.31 bits per heavy atom. The van der Waals surface area contributed by atoms with Gasteiger partial charge in [-0.3, -0.25) is 4.79 Å². The number of nitrogens with two attached hydrogens (primary N) is 2. The number of carbonyl (C=O) groups is 1. The lowest BCUT2D eigenvalue weighted by atomic mass is 10.2. The highest BCUT2D eigenvalue weighted by molar-refractivity contribution is 6.00. The molecule has 0 aliphatic rings. The van der Waals surface area contributed by atoms with Gasteiger partial charge in [-0.25, -0.2) is 13.8 Å². The standard InChI is InChI=1S/C21H28F2N8O/c1-3-31-13(10-26-2)8-14-16(5-4-6-17(14)31)29-20-15(19(25)32)11-28-21(30-20)27-9-12(24)7-18(22)23/h4-6,8,11-12,18,26H,3,7,9-10,24H2,1-2H3,(H2,25,32)(H2,27,28,29,30). The van der Waals surface area contributed by atoms with Gasteiger partial charge < -0.3 is 32.0 Å². The van der Waals surface area contributed by atoms with E-state index in [9.17, 15) is 13.6 Å². The molecule has 1 unspecified atom stereocenters. The molecule has 2 heterocycles. The van der Waals surface area contributed by atoms with Gasteiger partial charge in [0.05, 0.1) is 5.52 Å². The maximum atomic E-state index is 12.5. The first kappa shape index (κ1) is 23.4. The quantitative estimate of drug-likeness (QED) is 0.305. The molecule has 3 rings (SSSR count). The van der Waals surface area contributed by atoms with Crippen LogP contribution >= 0.6 is 0 Å². The summed E-state index contributed by atoms with van der Waals surface area (Å²) < 4.78 is 27.2. The van der Waals surface area contributed by atoms with E-state index in [1.54, 1.807) is 0 Å². The molecule has 9 nitrogen and oxygen atoms in total. The second kappa shape index (κ2) is 10.3. The van der Waals surface area contributed by atoms with Gasteiger partial charge in [-0.1, -0.05) is 6.07 Å². The fourth-order valence-corrected chi connectivity index (χ4v) is 3.55. The molecule has 0 saturated heterocycles. The van der Waals surface area contributed by atoms with Crippen molar-refractivity contribution in [3.05, 3.63) is 41.7 Å². The molecule has 1 atom stereocenters. The Bertz CT molecular complexity index is 1090. The number of carbonyl (C=O) groups excluding carboxylic acids is 1. The zero-order valence-electron chi connectivity index (χ0n) is 18.0. The Labute approximate surface area is 184 Å². The van der Waals surface area contributed by atoms with Crippen molar-refractivity contribution in [1.29, 1.82) is 0 Å². The summed E-state index contributed by atoms with van der Waals surface area (Å²) in [6, 6.07) is 7.12. The molecule has 0 fully saturated rings. The Kier molecular flexibility index (Phi) is 7.54. The number of rotatable bonds is 11. The summed E-state index contributed by atoms with van der Waals surface area (Å²) in [6.45, 7) is 3.64. The number of hydrogen-bond donors (Lipinski definition) is 5. The zero-order valence-corrected chi connectivity index (χ0v) is 18.0. The minimum Gasteiger partial charge on any atom is -0.365 e. The van der Waals surface area contributed by atoms with Gasteiger partial charge in [-0.05, 0) is 32.2 Å². The molecule has 0 saturated carbocycles. The summed E-state index contributed by atoms with van der Waals surface area (Å²) in [6.07, 6.45) is -1.64. The van der Waals surface area contributed by atoms with E-state index >= 15 is 0 Å². The largest absolute Gasteiger partial charge is 0.365 e. The van der Waals surface area contributed by atoms with E-state index < -0.39 is 24.8 Å². The van der Waals surface area contributed by atoms with Crippen molar-refractivity contribution < 1.29 is 13.6 Å². The number of hydrogen-bond acceptors (Lipinski definition) is 7. The first-order chi connectivity index (χ1) is 15.3. The number of nitrogens with zero attached hydrogens (tertiary/aromatic N) is 3. The van der Waals surface area contributed by atoms with Crippen LogP contribution in [0.15, 0.2) is 30.5 Å². The van der Waals surface area contributed by atoms with Crippen molar-refractivity contribution in [2.45, 2.75) is 38.9 Å². The van der Waals surface area contributed by atoms with Gasteiger partial charge in [0.2, 0.25) is 12.4 Å². The van der Waals surface area contributed by atoms with Crippen molar-refractivity contribution in [3.8, 4) is 0 Å². The molecule has 172 valence electrons. The van der Waals surface area contributed by atoms with Crippen molar-refractivity contribution in [3.63, 3.8) is 0 Å². The topological polar surface area (TPSA) is 136 Å². The van der Waals surface area contributed by atoms with Crippen molar-refractivity contribution in [2.75, 3.05) is 24.2 Å². The average Bonchev–Trinajstić information content (AvgIpc) is 3.10. The van der Waals surface area contributed by atoms with Crippen LogP contribution in [0.5, 0.6) is 0 Å². The normalized spacial score (nSPS) is 12.3. The summed E-state index contributed by atoms with van der Waals surface area (Å²) in [7, 11) is 1.89. The number of nitrogens with one attached hydrogen (secondary N) is 3. The number of alkyl halides is 2. The van der Waals surface area contributed by atoms with Crippen LogP contribution in [0.1, 0.15) is 29.4 Å². The summed E-state index contributed by atoms with van der Waals surface area (Å²) in [5, 5.41) is 10.1. The molecule has 1 aromatic carbocycles. The van der Waals surface area contributed by atoms with Gasteiger partial charge in [0.1, 0.15) is 11.4 Å². The van der Waals surface area contributed by atoms with Gasteiger partial charge >= 0.3 is 0 Å². The molecular formula is C21H28F2N8O. The van der Waals surface area contributed by atoms with Crippen LogP contribution in [0.25, 0.3) is 10.9 Å².